The summed E-state index contributed by atoms with van der Waals surface area (Å²) in [5, 5.41) is 0. The summed E-state index contributed by atoms with van der Waals surface area (Å²) in [6.45, 7) is 6.29. The van der Waals surface area contributed by atoms with E-state index >= 15 is 0 Å². The molecule has 0 aromatic carbocycles. The zero-order chi connectivity index (χ0) is 48.6. The molecule has 0 bridgehead atoms. The highest BCUT2D eigenvalue weighted by molar-refractivity contribution is 5.71. The summed E-state index contributed by atoms with van der Waals surface area (Å²) >= 11 is 0. The highest BCUT2D eigenvalue weighted by Gasteiger charge is 2.19. The largest absolute Gasteiger partial charge is 0.462 e. The molecule has 376 valence electrons. The lowest BCUT2D eigenvalue weighted by molar-refractivity contribution is -0.167. The number of rotatable bonds is 46. The Balaban J connectivity index is 4.57. The molecule has 6 nitrogen and oxygen atoms in total. The molecule has 1 unspecified atom stereocenters. The molecule has 0 spiro atoms. The predicted octanol–water partition coefficient (Wildman–Crippen LogP) is 17.9. The summed E-state index contributed by atoms with van der Waals surface area (Å²) in [7, 11) is 0. The van der Waals surface area contributed by atoms with Crippen LogP contribution >= 0.6 is 0 Å². The van der Waals surface area contributed by atoms with Gasteiger partial charge in [0.15, 0.2) is 6.10 Å². The number of ether oxygens (including phenoxy) is 3. The first-order chi connectivity index (χ1) is 33.0. The first kappa shape index (κ1) is 62.5. The van der Waals surface area contributed by atoms with E-state index in [-0.39, 0.29) is 37.5 Å². The van der Waals surface area contributed by atoms with Gasteiger partial charge in [-0.25, -0.2) is 0 Å². The van der Waals surface area contributed by atoms with Crippen LogP contribution in [0.1, 0.15) is 213 Å². The van der Waals surface area contributed by atoms with Gasteiger partial charge in [0.2, 0.25) is 0 Å². The van der Waals surface area contributed by atoms with E-state index in [1.54, 1.807) is 0 Å². The van der Waals surface area contributed by atoms with Crippen LogP contribution in [-0.4, -0.2) is 37.2 Å². The number of carbonyl (C=O) groups is 3. The number of allylic oxidation sites excluding steroid dienone is 22. The van der Waals surface area contributed by atoms with Crippen molar-refractivity contribution in [3.05, 3.63) is 134 Å². The fraction of sp³-hybridized carbons (Fsp3) is 0.590. The van der Waals surface area contributed by atoms with Crippen molar-refractivity contribution < 1.29 is 28.6 Å². The van der Waals surface area contributed by atoms with E-state index in [2.05, 4.69) is 93.7 Å². The second-order valence-corrected chi connectivity index (χ2v) is 17.2. The average molecular weight is 925 g/mol. The summed E-state index contributed by atoms with van der Waals surface area (Å²) in [6.07, 6.45) is 75.7. The third-order valence-corrected chi connectivity index (χ3v) is 10.8. The third-order valence-electron chi connectivity index (χ3n) is 10.8. The summed E-state index contributed by atoms with van der Waals surface area (Å²) in [4.78, 5) is 38.1. The van der Waals surface area contributed by atoms with Crippen LogP contribution in [0.2, 0.25) is 0 Å². The predicted molar refractivity (Wildman–Crippen MR) is 288 cm³/mol. The molecule has 0 aromatic heterocycles. The van der Waals surface area contributed by atoms with E-state index in [1.165, 1.54) is 57.8 Å². The molecule has 0 amide bonds. The lowest BCUT2D eigenvalue weighted by atomic mass is 10.1. The van der Waals surface area contributed by atoms with Gasteiger partial charge in [-0.1, -0.05) is 225 Å². The van der Waals surface area contributed by atoms with Crippen LogP contribution in [0, 0.1) is 0 Å². The Morgan fingerprint density at radius 2 is 0.657 bits per heavy atom. The van der Waals surface area contributed by atoms with E-state index in [0.29, 0.717) is 19.3 Å². The minimum Gasteiger partial charge on any atom is -0.462 e. The summed E-state index contributed by atoms with van der Waals surface area (Å²) < 4.78 is 16.8. The highest BCUT2D eigenvalue weighted by atomic mass is 16.6. The average Bonchev–Trinajstić information content (AvgIpc) is 3.33. The summed E-state index contributed by atoms with van der Waals surface area (Å²) in [5.74, 6) is -1.01. The maximum atomic E-state index is 12.8. The molecule has 0 aliphatic carbocycles. The van der Waals surface area contributed by atoms with Crippen LogP contribution < -0.4 is 0 Å². The van der Waals surface area contributed by atoms with Crippen LogP contribution in [0.15, 0.2) is 134 Å². The molecular formula is C61H96O6. The van der Waals surface area contributed by atoms with E-state index in [0.717, 1.165) is 109 Å². The number of unbranched alkanes of at least 4 members (excludes halogenated alkanes) is 18. The smallest absolute Gasteiger partial charge is 0.306 e. The molecule has 67 heavy (non-hydrogen) atoms. The van der Waals surface area contributed by atoms with Gasteiger partial charge in [0.1, 0.15) is 13.2 Å². The normalized spacial score (nSPS) is 13.2. The molecule has 0 saturated heterocycles. The van der Waals surface area contributed by atoms with Crippen LogP contribution in [0.3, 0.4) is 0 Å². The molecule has 0 heterocycles. The second kappa shape index (κ2) is 54.2. The van der Waals surface area contributed by atoms with Gasteiger partial charge in [-0.05, 0) is 103 Å². The van der Waals surface area contributed by atoms with Crippen molar-refractivity contribution in [3.8, 4) is 0 Å². The maximum absolute atomic E-state index is 12.8. The lowest BCUT2D eigenvalue weighted by Gasteiger charge is -2.18. The fourth-order valence-electron chi connectivity index (χ4n) is 6.81. The number of esters is 3. The molecule has 0 saturated carbocycles. The Hall–Kier alpha value is -4.45. The standard InChI is InChI=1S/C61H96O6/c1-4-7-10-13-16-19-22-25-28-31-34-36-39-42-45-48-51-54-60(63)66-57-58(67-61(64)55-52-49-46-43-40-37-33-30-27-24-21-18-15-12-9-6-3)56-65-59(62)53-50-47-44-41-38-35-32-29-26-23-20-17-14-11-8-5-2/h7,9-10,12-13,16,18-19,21-22,25,27-32,34,36-37,39-40,58H,4-6,8,11,14-15,17,20,23-24,26,33,35,38,41-57H2,1-3H3/b10-7-,12-9-,16-13-,21-18-,22-19-,28-25-,30-27-,32-29-,34-31+,39-36-,40-37-. The second-order valence-electron chi connectivity index (χ2n) is 17.2. The monoisotopic (exact) mass is 925 g/mol. The molecular weight excluding hydrogens is 829 g/mol. The van der Waals surface area contributed by atoms with E-state index < -0.39 is 6.10 Å². The van der Waals surface area contributed by atoms with Gasteiger partial charge in [-0.3, -0.25) is 14.4 Å². The van der Waals surface area contributed by atoms with Crippen LogP contribution in [0.25, 0.3) is 0 Å². The van der Waals surface area contributed by atoms with Gasteiger partial charge in [0.25, 0.3) is 0 Å². The molecule has 0 aromatic rings. The number of hydrogen-bond donors (Lipinski definition) is 0. The van der Waals surface area contributed by atoms with Crippen molar-refractivity contribution in [2.75, 3.05) is 13.2 Å². The topological polar surface area (TPSA) is 78.9 Å². The first-order valence-electron chi connectivity index (χ1n) is 26.8. The highest BCUT2D eigenvalue weighted by Crippen LogP contribution is 2.13. The van der Waals surface area contributed by atoms with E-state index in [4.69, 9.17) is 14.2 Å². The van der Waals surface area contributed by atoms with Crippen molar-refractivity contribution in [3.63, 3.8) is 0 Å². The summed E-state index contributed by atoms with van der Waals surface area (Å²) in [5.41, 5.74) is 0. The van der Waals surface area contributed by atoms with Gasteiger partial charge in [0.05, 0.1) is 0 Å². The Labute approximate surface area is 411 Å². The van der Waals surface area contributed by atoms with Crippen LogP contribution in [0.5, 0.6) is 0 Å². The maximum Gasteiger partial charge on any atom is 0.306 e. The molecule has 0 N–H and O–H groups in total. The van der Waals surface area contributed by atoms with E-state index in [1.807, 2.05) is 60.8 Å². The number of hydrogen-bond acceptors (Lipinski definition) is 6. The molecule has 0 radical (unpaired) electrons. The molecule has 0 rings (SSSR count). The third kappa shape index (κ3) is 52.4. The van der Waals surface area contributed by atoms with Crippen LogP contribution in [0.4, 0.5) is 0 Å². The van der Waals surface area contributed by atoms with Gasteiger partial charge >= 0.3 is 17.9 Å². The minimum atomic E-state index is -0.822. The number of carbonyl (C=O) groups excluding carboxylic acids is 3. The van der Waals surface area contributed by atoms with Crippen molar-refractivity contribution in [1.29, 1.82) is 0 Å². The Morgan fingerprint density at radius 1 is 0.328 bits per heavy atom. The first-order valence-corrected chi connectivity index (χ1v) is 26.8. The van der Waals surface area contributed by atoms with Gasteiger partial charge in [-0.15, -0.1) is 0 Å². The SMILES string of the molecule is CC\C=C/C=C\C=C/C=C\C=C\C=C/CCCCCC(=O)OCC(COC(=O)CCCCCCC/C=C\CCCCCCCCC)OC(=O)CCCCC/C=C\C/C=C\C/C=C\C/C=C\CC. The Kier molecular flexibility index (Phi) is 50.6. The summed E-state index contributed by atoms with van der Waals surface area (Å²) in [6, 6.07) is 0. The van der Waals surface area contributed by atoms with E-state index in [9.17, 15) is 14.4 Å². The van der Waals surface area contributed by atoms with Gasteiger partial charge in [-0.2, -0.15) is 0 Å². The molecule has 6 heteroatoms. The fourth-order valence-corrected chi connectivity index (χ4v) is 6.81. The Bertz CT molecular complexity index is 1480. The molecule has 0 aliphatic rings. The van der Waals surface area contributed by atoms with Crippen molar-refractivity contribution in [2.24, 2.45) is 0 Å². The Morgan fingerprint density at radius 3 is 1.12 bits per heavy atom. The van der Waals surface area contributed by atoms with Crippen molar-refractivity contribution in [2.45, 2.75) is 219 Å². The van der Waals surface area contributed by atoms with Crippen molar-refractivity contribution >= 4 is 17.9 Å². The zero-order valence-corrected chi connectivity index (χ0v) is 42.9. The molecule has 0 fully saturated rings. The lowest BCUT2D eigenvalue weighted by Crippen LogP contribution is -2.30. The molecule has 0 aliphatic heterocycles. The van der Waals surface area contributed by atoms with Crippen molar-refractivity contribution in [1.82, 2.24) is 0 Å². The van der Waals surface area contributed by atoms with Gasteiger partial charge in [0, 0.05) is 19.3 Å². The van der Waals surface area contributed by atoms with Crippen LogP contribution in [-0.2, 0) is 28.6 Å². The molecule has 1 atom stereocenters. The zero-order valence-electron chi connectivity index (χ0n) is 42.9. The quantitative estimate of drug-likeness (QED) is 0.0199. The minimum absolute atomic E-state index is 0.115. The van der Waals surface area contributed by atoms with Gasteiger partial charge < -0.3 is 14.2 Å².